The van der Waals surface area contributed by atoms with Gasteiger partial charge in [0.15, 0.2) is 0 Å². The predicted molar refractivity (Wildman–Crippen MR) is 113 cm³/mol. The first-order valence-electron chi connectivity index (χ1n) is 9.24. The fraction of sp³-hybridized carbons (Fsp3) is 0.364. The van der Waals surface area contributed by atoms with Crippen LogP contribution in [0.25, 0.3) is 0 Å². The largest absolute Gasteiger partial charge is 0.326 e. The Balaban J connectivity index is 1.87. The molecule has 0 aliphatic carbocycles. The second-order valence-corrected chi connectivity index (χ2v) is 9.36. The molecule has 6 heteroatoms. The molecular weight excluding hydrogens is 375 g/mol. The van der Waals surface area contributed by atoms with Crippen molar-refractivity contribution in [1.82, 2.24) is 0 Å². The Hall–Kier alpha value is -2.34. The first-order chi connectivity index (χ1) is 13.1. The van der Waals surface area contributed by atoms with Crippen LogP contribution in [-0.4, -0.2) is 17.6 Å². The van der Waals surface area contributed by atoms with Crippen molar-refractivity contribution in [2.75, 3.05) is 16.0 Å². The van der Waals surface area contributed by atoms with Crippen molar-refractivity contribution in [1.29, 1.82) is 0 Å². The fourth-order valence-corrected chi connectivity index (χ4v) is 4.35. The second kappa shape index (κ2) is 7.95. The molecule has 1 saturated heterocycles. The molecule has 4 nitrogen and oxygen atoms in total. The summed E-state index contributed by atoms with van der Waals surface area (Å²) >= 11 is 1.46. The molecule has 2 aromatic rings. The number of nitrogens with zero attached hydrogens (tertiary/aromatic N) is 1. The number of anilines is 2. The fourth-order valence-electron chi connectivity index (χ4n) is 3.20. The molecule has 1 fully saturated rings. The summed E-state index contributed by atoms with van der Waals surface area (Å²) < 4.78 is 14.4. The van der Waals surface area contributed by atoms with Crippen LogP contribution in [0, 0.1) is 18.2 Å². The smallest absolute Gasteiger partial charge is 0.238 e. The van der Waals surface area contributed by atoms with Crippen LogP contribution in [0.3, 0.4) is 0 Å². The van der Waals surface area contributed by atoms with Gasteiger partial charge in [-0.2, -0.15) is 0 Å². The number of amides is 2. The standard InChI is InChI=1S/C22H25FN2O2S/c1-14-8-9-17(23)18(10-14)25-20(27)13-28-21(25)15-6-5-7-16(11-15)24-19(26)12-22(2,3)4/h5-11,21H,12-13H2,1-4H3,(H,24,26)/t21-/m1/s1. The number of carbonyl (C=O) groups is 2. The molecule has 1 heterocycles. The minimum Gasteiger partial charge on any atom is -0.326 e. The molecule has 1 aliphatic heterocycles. The number of carbonyl (C=O) groups excluding carboxylic acids is 2. The van der Waals surface area contributed by atoms with Crippen molar-refractivity contribution in [2.24, 2.45) is 5.41 Å². The number of hydrogen-bond donors (Lipinski definition) is 1. The average Bonchev–Trinajstić information content (AvgIpc) is 2.97. The minimum absolute atomic E-state index is 0.0543. The van der Waals surface area contributed by atoms with Crippen molar-refractivity contribution >= 4 is 35.0 Å². The van der Waals surface area contributed by atoms with E-state index >= 15 is 0 Å². The van der Waals surface area contributed by atoms with Gasteiger partial charge in [-0.05, 0) is 47.7 Å². The van der Waals surface area contributed by atoms with E-state index in [1.165, 1.54) is 22.7 Å². The lowest BCUT2D eigenvalue weighted by molar-refractivity contribution is -0.118. The zero-order valence-electron chi connectivity index (χ0n) is 16.6. The van der Waals surface area contributed by atoms with Gasteiger partial charge in [-0.15, -0.1) is 11.8 Å². The van der Waals surface area contributed by atoms with Gasteiger partial charge in [0.05, 0.1) is 11.4 Å². The normalized spacial score (nSPS) is 17.1. The number of aryl methyl sites for hydroxylation is 1. The predicted octanol–water partition coefficient (Wildman–Crippen LogP) is 5.29. The van der Waals surface area contributed by atoms with E-state index in [-0.39, 0.29) is 22.6 Å². The summed E-state index contributed by atoms with van der Waals surface area (Å²) in [6.07, 6.45) is 0.411. The van der Waals surface area contributed by atoms with Gasteiger partial charge in [-0.25, -0.2) is 4.39 Å². The van der Waals surface area contributed by atoms with E-state index in [1.807, 2.05) is 52.0 Å². The summed E-state index contributed by atoms with van der Waals surface area (Å²) in [4.78, 5) is 26.3. The minimum atomic E-state index is -0.416. The van der Waals surface area contributed by atoms with Crippen LogP contribution >= 0.6 is 11.8 Å². The molecular formula is C22H25FN2O2S. The maximum atomic E-state index is 14.4. The third-order valence-electron chi connectivity index (χ3n) is 4.38. The van der Waals surface area contributed by atoms with Crippen LogP contribution in [0.1, 0.15) is 43.7 Å². The summed E-state index contributed by atoms with van der Waals surface area (Å²) in [5.74, 6) is -0.303. The molecule has 0 unspecified atom stereocenters. The third kappa shape index (κ3) is 4.73. The Morgan fingerprint density at radius 2 is 2.00 bits per heavy atom. The van der Waals surface area contributed by atoms with Crippen molar-refractivity contribution < 1.29 is 14.0 Å². The average molecular weight is 401 g/mol. The number of hydrogen-bond acceptors (Lipinski definition) is 3. The summed E-state index contributed by atoms with van der Waals surface area (Å²) in [5.41, 5.74) is 2.61. The number of benzene rings is 2. The first-order valence-corrected chi connectivity index (χ1v) is 10.3. The first kappa shape index (κ1) is 20.4. The van der Waals surface area contributed by atoms with Crippen molar-refractivity contribution in [3.05, 3.63) is 59.4 Å². The number of thioether (sulfide) groups is 1. The van der Waals surface area contributed by atoms with Crippen molar-refractivity contribution in [2.45, 2.75) is 39.5 Å². The number of halogens is 1. The highest BCUT2D eigenvalue weighted by Gasteiger charge is 2.35. The van der Waals surface area contributed by atoms with Gasteiger partial charge in [-0.1, -0.05) is 39.0 Å². The Bertz CT molecular complexity index is 908. The summed E-state index contributed by atoms with van der Waals surface area (Å²) in [5, 5.41) is 2.59. The van der Waals surface area contributed by atoms with Crippen LogP contribution < -0.4 is 10.2 Å². The highest BCUT2D eigenvalue weighted by molar-refractivity contribution is 8.00. The molecule has 0 bridgehead atoms. The van der Waals surface area contributed by atoms with Crippen molar-refractivity contribution in [3.8, 4) is 0 Å². The molecule has 148 valence electrons. The second-order valence-electron chi connectivity index (χ2n) is 8.29. The monoisotopic (exact) mass is 400 g/mol. The highest BCUT2D eigenvalue weighted by atomic mass is 32.2. The zero-order valence-corrected chi connectivity index (χ0v) is 17.4. The van der Waals surface area contributed by atoms with E-state index in [0.29, 0.717) is 23.5 Å². The van der Waals surface area contributed by atoms with Gasteiger partial charge in [-0.3, -0.25) is 14.5 Å². The Kier molecular flexibility index (Phi) is 5.79. The molecule has 0 spiro atoms. The van der Waals surface area contributed by atoms with Crippen LogP contribution in [-0.2, 0) is 9.59 Å². The van der Waals surface area contributed by atoms with E-state index in [4.69, 9.17) is 0 Å². The SMILES string of the molecule is Cc1ccc(F)c(N2C(=O)CS[C@@H]2c2cccc(NC(=O)CC(C)(C)C)c2)c1. The highest BCUT2D eigenvalue weighted by Crippen LogP contribution is 2.43. The van der Waals surface area contributed by atoms with Gasteiger partial charge in [0.1, 0.15) is 11.2 Å². The van der Waals surface area contributed by atoms with Gasteiger partial charge in [0.2, 0.25) is 11.8 Å². The molecule has 2 amide bonds. The topological polar surface area (TPSA) is 49.4 Å². The molecule has 0 saturated carbocycles. The lowest BCUT2D eigenvalue weighted by atomic mass is 9.92. The van der Waals surface area contributed by atoms with E-state index in [9.17, 15) is 14.0 Å². The Labute approximate surface area is 169 Å². The molecule has 1 N–H and O–H groups in total. The molecule has 1 aliphatic rings. The van der Waals surface area contributed by atoms with Crippen LogP contribution in [0.4, 0.5) is 15.8 Å². The lowest BCUT2D eigenvalue weighted by Crippen LogP contribution is -2.28. The molecule has 3 rings (SSSR count). The molecule has 0 aromatic heterocycles. The zero-order chi connectivity index (χ0) is 20.5. The van der Waals surface area contributed by atoms with Gasteiger partial charge >= 0.3 is 0 Å². The summed E-state index contributed by atoms with van der Waals surface area (Å²) in [6.45, 7) is 7.91. The van der Waals surface area contributed by atoms with Crippen LogP contribution in [0.15, 0.2) is 42.5 Å². The van der Waals surface area contributed by atoms with Crippen molar-refractivity contribution in [3.63, 3.8) is 0 Å². The summed E-state index contributed by atoms with van der Waals surface area (Å²) in [7, 11) is 0. The number of nitrogens with one attached hydrogen (secondary N) is 1. The molecule has 0 radical (unpaired) electrons. The van der Waals surface area contributed by atoms with E-state index in [0.717, 1.165) is 11.1 Å². The summed E-state index contributed by atoms with van der Waals surface area (Å²) in [6, 6.07) is 12.2. The quantitative estimate of drug-likeness (QED) is 0.759. The van der Waals surface area contributed by atoms with E-state index < -0.39 is 5.82 Å². The van der Waals surface area contributed by atoms with E-state index in [1.54, 1.807) is 12.1 Å². The van der Waals surface area contributed by atoms with Gasteiger partial charge < -0.3 is 5.32 Å². The Morgan fingerprint density at radius 3 is 2.71 bits per heavy atom. The third-order valence-corrected chi connectivity index (χ3v) is 5.59. The molecule has 2 aromatic carbocycles. The van der Waals surface area contributed by atoms with Gasteiger partial charge in [0.25, 0.3) is 0 Å². The van der Waals surface area contributed by atoms with Gasteiger partial charge in [0, 0.05) is 12.1 Å². The maximum Gasteiger partial charge on any atom is 0.238 e. The maximum absolute atomic E-state index is 14.4. The van der Waals surface area contributed by atoms with Crippen LogP contribution in [0.2, 0.25) is 0 Å². The lowest BCUT2D eigenvalue weighted by Gasteiger charge is -2.25. The van der Waals surface area contributed by atoms with Crippen LogP contribution in [0.5, 0.6) is 0 Å². The molecule has 1 atom stereocenters. The van der Waals surface area contributed by atoms with E-state index in [2.05, 4.69) is 5.32 Å². The molecule has 28 heavy (non-hydrogen) atoms. The Morgan fingerprint density at radius 1 is 1.25 bits per heavy atom. The number of rotatable bonds is 4.